The van der Waals surface area contributed by atoms with Crippen LogP contribution in [0.3, 0.4) is 0 Å². The van der Waals surface area contributed by atoms with Crippen molar-refractivity contribution in [1.29, 1.82) is 0 Å². The second-order valence-corrected chi connectivity index (χ2v) is 8.00. The fourth-order valence-corrected chi connectivity index (χ4v) is 3.87. The number of para-hydroxylation sites is 1. The standard InChI is InChI=1S/C24H27N3O4/c1-16-9-10-21(17(2)12-16)31-15-23(28)27(13-18-6-5-11-30-18)14-22-25-20-8-4-3-7-19(20)24(29)26-22/h3-4,7-10,12,18H,5-6,11,13-15H2,1-2H3,(H,25,26,29). The maximum atomic E-state index is 13.1. The van der Waals surface area contributed by atoms with Gasteiger partial charge in [0.2, 0.25) is 0 Å². The van der Waals surface area contributed by atoms with Crippen LogP contribution in [0.15, 0.2) is 47.3 Å². The molecule has 162 valence electrons. The first kappa shape index (κ1) is 21.1. The van der Waals surface area contributed by atoms with Gasteiger partial charge in [-0.05, 0) is 50.5 Å². The van der Waals surface area contributed by atoms with Crippen molar-refractivity contribution in [1.82, 2.24) is 14.9 Å². The van der Waals surface area contributed by atoms with Gasteiger partial charge in [0.1, 0.15) is 11.6 Å². The van der Waals surface area contributed by atoms with E-state index in [0.717, 1.165) is 24.0 Å². The van der Waals surface area contributed by atoms with Gasteiger partial charge in [-0.3, -0.25) is 9.59 Å². The number of fused-ring (bicyclic) bond motifs is 1. The Bertz CT molecular complexity index is 1140. The Morgan fingerprint density at radius 3 is 2.87 bits per heavy atom. The number of hydrogen-bond donors (Lipinski definition) is 1. The van der Waals surface area contributed by atoms with Crippen molar-refractivity contribution < 1.29 is 14.3 Å². The summed E-state index contributed by atoms with van der Waals surface area (Å²) >= 11 is 0. The number of carbonyl (C=O) groups excluding carboxylic acids is 1. The molecule has 7 nitrogen and oxygen atoms in total. The third kappa shape index (κ3) is 5.11. The molecule has 0 spiro atoms. The molecule has 1 atom stereocenters. The largest absolute Gasteiger partial charge is 0.484 e. The number of hydrogen-bond acceptors (Lipinski definition) is 5. The zero-order valence-electron chi connectivity index (χ0n) is 17.9. The average molecular weight is 421 g/mol. The molecule has 1 unspecified atom stereocenters. The molecule has 0 radical (unpaired) electrons. The molecule has 0 aliphatic carbocycles. The molecule has 31 heavy (non-hydrogen) atoms. The highest BCUT2D eigenvalue weighted by molar-refractivity contribution is 5.78. The van der Waals surface area contributed by atoms with Crippen LogP contribution < -0.4 is 10.3 Å². The molecule has 7 heteroatoms. The molecule has 1 saturated heterocycles. The van der Waals surface area contributed by atoms with Crippen molar-refractivity contribution in [3.8, 4) is 5.75 Å². The van der Waals surface area contributed by atoms with Gasteiger partial charge in [0.15, 0.2) is 6.61 Å². The van der Waals surface area contributed by atoms with Crippen LogP contribution in [-0.4, -0.2) is 46.6 Å². The van der Waals surface area contributed by atoms with E-state index >= 15 is 0 Å². The minimum atomic E-state index is -0.211. The predicted octanol–water partition coefficient (Wildman–Crippen LogP) is 3.13. The molecule has 2 heterocycles. The summed E-state index contributed by atoms with van der Waals surface area (Å²) in [6, 6.07) is 13.0. The van der Waals surface area contributed by atoms with E-state index in [9.17, 15) is 9.59 Å². The highest BCUT2D eigenvalue weighted by atomic mass is 16.5. The Labute approximate surface area is 181 Å². The predicted molar refractivity (Wildman–Crippen MR) is 118 cm³/mol. The van der Waals surface area contributed by atoms with Crippen LogP contribution in [0.4, 0.5) is 0 Å². The molecule has 3 aromatic rings. The van der Waals surface area contributed by atoms with Crippen LogP contribution in [0.5, 0.6) is 5.75 Å². The highest BCUT2D eigenvalue weighted by Crippen LogP contribution is 2.19. The molecule has 0 saturated carbocycles. The fourth-order valence-electron chi connectivity index (χ4n) is 3.87. The molecule has 1 aromatic heterocycles. The number of amides is 1. The first-order chi connectivity index (χ1) is 15.0. The topological polar surface area (TPSA) is 84.5 Å². The zero-order valence-corrected chi connectivity index (χ0v) is 17.9. The van der Waals surface area contributed by atoms with Crippen LogP contribution >= 0.6 is 0 Å². The molecule has 4 rings (SSSR count). The molecule has 1 aliphatic rings. The average Bonchev–Trinajstić information content (AvgIpc) is 3.26. The molecule has 1 N–H and O–H groups in total. The van der Waals surface area contributed by atoms with E-state index in [1.54, 1.807) is 23.1 Å². The normalized spacial score (nSPS) is 15.9. The van der Waals surface area contributed by atoms with Gasteiger partial charge in [0.25, 0.3) is 11.5 Å². The monoisotopic (exact) mass is 421 g/mol. The van der Waals surface area contributed by atoms with Crippen molar-refractivity contribution in [2.75, 3.05) is 19.8 Å². The van der Waals surface area contributed by atoms with E-state index in [1.807, 2.05) is 38.1 Å². The van der Waals surface area contributed by atoms with Gasteiger partial charge >= 0.3 is 0 Å². The van der Waals surface area contributed by atoms with Crippen LogP contribution in [0.2, 0.25) is 0 Å². The Hall–Kier alpha value is -3.19. The summed E-state index contributed by atoms with van der Waals surface area (Å²) in [7, 11) is 0. The van der Waals surface area contributed by atoms with E-state index in [1.165, 1.54) is 0 Å². The Balaban J connectivity index is 1.52. The van der Waals surface area contributed by atoms with Crippen LogP contribution in [0.1, 0.15) is 29.8 Å². The summed E-state index contributed by atoms with van der Waals surface area (Å²) in [5.41, 5.74) is 2.52. The fraction of sp³-hybridized carbons (Fsp3) is 0.375. The quantitative estimate of drug-likeness (QED) is 0.634. The number of aromatic nitrogens is 2. The third-order valence-electron chi connectivity index (χ3n) is 5.48. The van der Waals surface area contributed by atoms with Gasteiger partial charge in [0.05, 0.1) is 23.6 Å². The SMILES string of the molecule is Cc1ccc(OCC(=O)N(Cc2nc3ccccc3c(=O)[nH]2)CC2CCCO2)c(C)c1. The van der Waals surface area contributed by atoms with Crippen LogP contribution in [0.25, 0.3) is 10.9 Å². The summed E-state index contributed by atoms with van der Waals surface area (Å²) < 4.78 is 11.5. The lowest BCUT2D eigenvalue weighted by molar-refractivity contribution is -0.135. The first-order valence-electron chi connectivity index (χ1n) is 10.6. The number of H-pyrrole nitrogens is 1. The number of carbonyl (C=O) groups is 1. The molecular weight excluding hydrogens is 394 g/mol. The second kappa shape index (κ2) is 9.31. The Kier molecular flexibility index (Phi) is 6.32. The van der Waals surface area contributed by atoms with Crippen molar-refractivity contribution in [2.45, 2.75) is 39.3 Å². The van der Waals surface area contributed by atoms with Crippen LogP contribution in [0, 0.1) is 13.8 Å². The molecule has 1 amide bonds. The number of nitrogens with one attached hydrogen (secondary N) is 1. The number of nitrogens with zero attached hydrogens (tertiary/aromatic N) is 2. The summed E-state index contributed by atoms with van der Waals surface area (Å²) in [6.07, 6.45) is 1.87. The molecule has 2 aromatic carbocycles. The van der Waals surface area contributed by atoms with Gasteiger partial charge in [0, 0.05) is 13.2 Å². The number of aromatic amines is 1. The summed E-state index contributed by atoms with van der Waals surface area (Å²) in [5, 5.41) is 0.529. The van der Waals surface area contributed by atoms with Gasteiger partial charge in [-0.25, -0.2) is 4.98 Å². The first-order valence-corrected chi connectivity index (χ1v) is 10.6. The van der Waals surface area contributed by atoms with E-state index < -0.39 is 0 Å². The van der Waals surface area contributed by atoms with Crippen molar-refractivity contribution in [3.63, 3.8) is 0 Å². The number of aryl methyl sites for hydroxylation is 2. The minimum Gasteiger partial charge on any atom is -0.484 e. The van der Waals surface area contributed by atoms with E-state index in [-0.39, 0.29) is 30.7 Å². The van der Waals surface area contributed by atoms with E-state index in [0.29, 0.717) is 35.6 Å². The lowest BCUT2D eigenvalue weighted by Crippen LogP contribution is -2.40. The maximum absolute atomic E-state index is 13.1. The van der Waals surface area contributed by atoms with Gasteiger partial charge < -0.3 is 19.4 Å². The van der Waals surface area contributed by atoms with Crippen LogP contribution in [-0.2, 0) is 16.1 Å². The lowest BCUT2D eigenvalue weighted by atomic mass is 10.1. The third-order valence-corrected chi connectivity index (χ3v) is 5.48. The summed E-state index contributed by atoms with van der Waals surface area (Å²) in [4.78, 5) is 34.5. The van der Waals surface area contributed by atoms with Gasteiger partial charge in [-0.1, -0.05) is 29.8 Å². The summed E-state index contributed by atoms with van der Waals surface area (Å²) in [6.45, 7) is 5.22. The van der Waals surface area contributed by atoms with Gasteiger partial charge in [-0.15, -0.1) is 0 Å². The van der Waals surface area contributed by atoms with Crippen molar-refractivity contribution in [3.05, 3.63) is 69.8 Å². The number of ether oxygens (including phenoxy) is 2. The smallest absolute Gasteiger partial charge is 0.261 e. The van der Waals surface area contributed by atoms with Crippen molar-refractivity contribution >= 4 is 16.8 Å². The number of rotatable bonds is 7. The molecule has 1 fully saturated rings. The van der Waals surface area contributed by atoms with Gasteiger partial charge in [-0.2, -0.15) is 0 Å². The highest BCUT2D eigenvalue weighted by Gasteiger charge is 2.24. The molecule has 0 bridgehead atoms. The second-order valence-electron chi connectivity index (χ2n) is 8.00. The summed E-state index contributed by atoms with van der Waals surface area (Å²) in [5.74, 6) is 0.959. The number of benzene rings is 2. The van der Waals surface area contributed by atoms with E-state index in [2.05, 4.69) is 9.97 Å². The maximum Gasteiger partial charge on any atom is 0.261 e. The lowest BCUT2D eigenvalue weighted by Gasteiger charge is -2.25. The molecule has 1 aliphatic heterocycles. The molecular formula is C24H27N3O4. The Morgan fingerprint density at radius 1 is 1.26 bits per heavy atom. The van der Waals surface area contributed by atoms with E-state index in [4.69, 9.17) is 9.47 Å². The minimum absolute atomic E-state index is 0.0164. The van der Waals surface area contributed by atoms with Crippen molar-refractivity contribution in [2.24, 2.45) is 0 Å². The Morgan fingerprint density at radius 2 is 2.10 bits per heavy atom. The zero-order chi connectivity index (χ0) is 21.8.